The lowest BCUT2D eigenvalue weighted by Crippen LogP contribution is -2.45. The summed E-state index contributed by atoms with van der Waals surface area (Å²) >= 11 is 1.53. The van der Waals surface area contributed by atoms with Gasteiger partial charge in [-0.1, -0.05) is 30.3 Å². The van der Waals surface area contributed by atoms with Crippen molar-refractivity contribution in [3.8, 4) is 10.6 Å². The number of aromatic nitrogens is 1. The van der Waals surface area contributed by atoms with Gasteiger partial charge in [0, 0.05) is 36.1 Å². The summed E-state index contributed by atoms with van der Waals surface area (Å²) < 4.78 is 0. The lowest BCUT2D eigenvalue weighted by molar-refractivity contribution is 0.0905. The highest BCUT2D eigenvalue weighted by Crippen LogP contribution is 2.29. The first kappa shape index (κ1) is 14.8. The summed E-state index contributed by atoms with van der Waals surface area (Å²) in [7, 11) is 0. The van der Waals surface area contributed by atoms with Crippen molar-refractivity contribution in [3.05, 3.63) is 41.4 Å². The third-order valence-electron chi connectivity index (χ3n) is 4.69. The molecule has 1 amide bonds. The molecule has 23 heavy (non-hydrogen) atoms. The number of benzene rings is 1. The lowest BCUT2D eigenvalue weighted by Gasteiger charge is -2.32. The largest absolute Gasteiger partial charge is 0.348 e. The second-order valence-electron chi connectivity index (χ2n) is 6.42. The van der Waals surface area contributed by atoms with Crippen molar-refractivity contribution in [2.75, 3.05) is 13.1 Å². The zero-order chi connectivity index (χ0) is 15.6. The van der Waals surface area contributed by atoms with Crippen LogP contribution in [0.15, 0.2) is 35.7 Å². The molecule has 4 nitrogen and oxygen atoms in total. The van der Waals surface area contributed by atoms with E-state index in [1.165, 1.54) is 24.2 Å². The molecule has 0 atom stereocenters. The molecule has 120 valence electrons. The summed E-state index contributed by atoms with van der Waals surface area (Å²) in [6.45, 7) is 2.23. The first-order valence-corrected chi connectivity index (χ1v) is 9.23. The fourth-order valence-corrected chi connectivity index (χ4v) is 4.01. The minimum absolute atomic E-state index is 0.0340. The summed E-state index contributed by atoms with van der Waals surface area (Å²) in [5, 5.41) is 5.92. The Labute approximate surface area is 140 Å². The van der Waals surface area contributed by atoms with E-state index in [-0.39, 0.29) is 5.91 Å². The van der Waals surface area contributed by atoms with Crippen molar-refractivity contribution < 1.29 is 4.79 Å². The van der Waals surface area contributed by atoms with Crippen LogP contribution in [-0.2, 0) is 0 Å². The fraction of sp³-hybridized carbons (Fsp3) is 0.444. The molecule has 2 fully saturated rings. The second kappa shape index (κ2) is 6.42. The van der Waals surface area contributed by atoms with E-state index >= 15 is 0 Å². The van der Waals surface area contributed by atoms with Gasteiger partial charge in [-0.2, -0.15) is 0 Å². The number of rotatable bonds is 4. The van der Waals surface area contributed by atoms with Crippen molar-refractivity contribution in [1.29, 1.82) is 0 Å². The first-order chi connectivity index (χ1) is 11.3. The number of piperidine rings is 1. The van der Waals surface area contributed by atoms with E-state index in [2.05, 4.69) is 15.2 Å². The summed E-state index contributed by atoms with van der Waals surface area (Å²) in [5.41, 5.74) is 1.60. The Morgan fingerprint density at radius 3 is 2.57 bits per heavy atom. The molecule has 1 aliphatic heterocycles. The summed E-state index contributed by atoms with van der Waals surface area (Å²) in [6.07, 6.45) is 4.83. The SMILES string of the molecule is O=C(NC1CCN(C2CC2)CC1)c1csc(-c2ccccc2)n1. The van der Waals surface area contributed by atoms with E-state index in [9.17, 15) is 4.79 Å². The van der Waals surface area contributed by atoms with Gasteiger partial charge in [-0.05, 0) is 25.7 Å². The molecule has 1 aromatic heterocycles. The topological polar surface area (TPSA) is 45.2 Å². The number of hydrogen-bond donors (Lipinski definition) is 1. The van der Waals surface area contributed by atoms with Gasteiger partial charge in [0.25, 0.3) is 5.91 Å². The lowest BCUT2D eigenvalue weighted by atomic mass is 10.0. The van der Waals surface area contributed by atoms with E-state index in [1.54, 1.807) is 0 Å². The zero-order valence-corrected chi connectivity index (χ0v) is 13.9. The summed E-state index contributed by atoms with van der Waals surface area (Å²) in [5.74, 6) is -0.0340. The van der Waals surface area contributed by atoms with Crippen LogP contribution in [0.5, 0.6) is 0 Å². The van der Waals surface area contributed by atoms with Crippen LogP contribution in [-0.4, -0.2) is 41.0 Å². The molecule has 0 unspecified atom stereocenters. The predicted molar refractivity (Wildman–Crippen MR) is 92.6 cm³/mol. The van der Waals surface area contributed by atoms with Crippen molar-refractivity contribution in [2.45, 2.75) is 37.8 Å². The number of carbonyl (C=O) groups excluding carboxylic acids is 1. The monoisotopic (exact) mass is 327 g/mol. The Morgan fingerprint density at radius 2 is 1.87 bits per heavy atom. The Balaban J connectivity index is 1.35. The third kappa shape index (κ3) is 3.46. The Kier molecular flexibility index (Phi) is 4.14. The number of nitrogens with one attached hydrogen (secondary N) is 1. The highest BCUT2D eigenvalue weighted by Gasteiger charge is 2.32. The van der Waals surface area contributed by atoms with Gasteiger partial charge in [0.05, 0.1) is 0 Å². The molecule has 1 aromatic carbocycles. The van der Waals surface area contributed by atoms with Crippen LogP contribution in [0.4, 0.5) is 0 Å². The molecule has 2 aromatic rings. The normalized spacial score (nSPS) is 19.7. The maximum Gasteiger partial charge on any atom is 0.270 e. The molecule has 1 N–H and O–H groups in total. The van der Waals surface area contributed by atoms with Crippen LogP contribution in [0.2, 0.25) is 0 Å². The fourth-order valence-electron chi connectivity index (χ4n) is 3.20. The van der Waals surface area contributed by atoms with Crippen molar-refractivity contribution in [1.82, 2.24) is 15.2 Å². The molecule has 1 saturated heterocycles. The molecule has 2 heterocycles. The molecule has 5 heteroatoms. The Hall–Kier alpha value is -1.72. The van der Waals surface area contributed by atoms with Crippen LogP contribution < -0.4 is 5.32 Å². The maximum atomic E-state index is 12.4. The standard InChI is InChI=1S/C18H21N3OS/c22-17(19-14-8-10-21(11-9-14)15-6-7-15)16-12-23-18(20-16)13-4-2-1-3-5-13/h1-5,12,14-15H,6-11H2,(H,19,22). The van der Waals surface area contributed by atoms with Crippen LogP contribution in [0, 0.1) is 0 Å². The third-order valence-corrected chi connectivity index (χ3v) is 5.58. The van der Waals surface area contributed by atoms with Crippen molar-refractivity contribution in [3.63, 3.8) is 0 Å². The van der Waals surface area contributed by atoms with Gasteiger partial charge in [-0.15, -0.1) is 11.3 Å². The van der Waals surface area contributed by atoms with E-state index in [0.717, 1.165) is 42.5 Å². The smallest absolute Gasteiger partial charge is 0.270 e. The number of hydrogen-bond acceptors (Lipinski definition) is 4. The van der Waals surface area contributed by atoms with Crippen LogP contribution in [0.25, 0.3) is 10.6 Å². The number of nitrogens with zero attached hydrogens (tertiary/aromatic N) is 2. The summed E-state index contributed by atoms with van der Waals surface area (Å²) in [6, 6.07) is 11.1. The molecule has 0 radical (unpaired) electrons. The second-order valence-corrected chi connectivity index (χ2v) is 7.28. The number of carbonyl (C=O) groups is 1. The Morgan fingerprint density at radius 1 is 1.13 bits per heavy atom. The first-order valence-electron chi connectivity index (χ1n) is 8.35. The van der Waals surface area contributed by atoms with Crippen LogP contribution in [0.1, 0.15) is 36.2 Å². The van der Waals surface area contributed by atoms with Crippen LogP contribution >= 0.6 is 11.3 Å². The summed E-state index contributed by atoms with van der Waals surface area (Å²) in [4.78, 5) is 19.5. The van der Waals surface area contributed by atoms with Gasteiger partial charge in [0.15, 0.2) is 0 Å². The van der Waals surface area contributed by atoms with Gasteiger partial charge >= 0.3 is 0 Å². The van der Waals surface area contributed by atoms with E-state index < -0.39 is 0 Å². The highest BCUT2D eigenvalue weighted by atomic mass is 32.1. The van der Waals surface area contributed by atoms with Gasteiger partial charge in [0.2, 0.25) is 0 Å². The molecular formula is C18H21N3OS. The molecule has 4 rings (SSSR count). The van der Waals surface area contributed by atoms with Crippen molar-refractivity contribution in [2.24, 2.45) is 0 Å². The molecular weight excluding hydrogens is 306 g/mol. The quantitative estimate of drug-likeness (QED) is 0.938. The molecule has 2 aliphatic rings. The van der Waals surface area contributed by atoms with Crippen molar-refractivity contribution >= 4 is 17.2 Å². The molecule has 0 spiro atoms. The average molecular weight is 327 g/mol. The maximum absolute atomic E-state index is 12.4. The number of thiazole rings is 1. The molecule has 0 bridgehead atoms. The van der Waals surface area contributed by atoms with Gasteiger partial charge in [-0.25, -0.2) is 4.98 Å². The minimum Gasteiger partial charge on any atom is -0.348 e. The Bertz CT molecular complexity index is 673. The van der Waals surface area contributed by atoms with Gasteiger partial charge in [-0.3, -0.25) is 4.79 Å². The van der Waals surface area contributed by atoms with E-state index in [0.29, 0.717) is 11.7 Å². The number of likely N-dealkylation sites (tertiary alicyclic amines) is 1. The van der Waals surface area contributed by atoms with E-state index in [1.807, 2.05) is 35.7 Å². The van der Waals surface area contributed by atoms with Gasteiger partial charge < -0.3 is 10.2 Å². The molecule has 1 saturated carbocycles. The van der Waals surface area contributed by atoms with Crippen LogP contribution in [0.3, 0.4) is 0 Å². The highest BCUT2D eigenvalue weighted by molar-refractivity contribution is 7.13. The van der Waals surface area contributed by atoms with E-state index in [4.69, 9.17) is 0 Å². The zero-order valence-electron chi connectivity index (χ0n) is 13.1. The number of amides is 1. The average Bonchev–Trinajstić information content (AvgIpc) is 3.32. The molecule has 1 aliphatic carbocycles. The van der Waals surface area contributed by atoms with Gasteiger partial charge in [0.1, 0.15) is 10.7 Å². The minimum atomic E-state index is -0.0340. The predicted octanol–water partition coefficient (Wildman–Crippen LogP) is 3.17.